The van der Waals surface area contributed by atoms with Crippen LogP contribution in [-0.4, -0.2) is 32.2 Å². The molecule has 0 radical (unpaired) electrons. The van der Waals surface area contributed by atoms with Crippen LogP contribution in [-0.2, 0) is 4.74 Å². The Kier molecular flexibility index (Phi) is 7.24. The van der Waals surface area contributed by atoms with E-state index >= 15 is 0 Å². The highest BCUT2D eigenvalue weighted by Crippen LogP contribution is 2.60. The summed E-state index contributed by atoms with van der Waals surface area (Å²) in [6, 6.07) is 5.98. The molecule has 2 rings (SSSR count). The summed E-state index contributed by atoms with van der Waals surface area (Å²) in [4.78, 5) is 0. The van der Waals surface area contributed by atoms with Gasteiger partial charge in [-0.15, -0.1) is 0 Å². The minimum atomic E-state index is 0.0923. The number of methoxy groups -OCH3 is 3. The summed E-state index contributed by atoms with van der Waals surface area (Å²) in [5, 5.41) is 0.269. The minimum Gasteiger partial charge on any atom is -0.497 e. The third-order valence-corrected chi connectivity index (χ3v) is 6.99. The van der Waals surface area contributed by atoms with Gasteiger partial charge >= 0.3 is 0 Å². The second-order valence-electron chi connectivity index (χ2n) is 4.97. The Hall–Kier alpha value is -0.520. The average molecular weight is 331 g/mol. The maximum Gasteiger partial charge on any atom is 0.127 e. The number of hydrogen-bond donors (Lipinski definition) is 0. The predicted molar refractivity (Wildman–Crippen MR) is 93.7 cm³/mol. The summed E-state index contributed by atoms with van der Waals surface area (Å²) in [5.41, 5.74) is 1.17. The van der Waals surface area contributed by atoms with Gasteiger partial charge in [-0.25, -0.2) is 0 Å². The molecule has 1 aliphatic heterocycles. The first-order valence-corrected chi connectivity index (χ1v) is 9.34. The summed E-state index contributed by atoms with van der Waals surface area (Å²) >= 11 is 0. The maximum absolute atomic E-state index is 5.72. The smallest absolute Gasteiger partial charge is 0.127 e. The van der Waals surface area contributed by atoms with Gasteiger partial charge in [0.15, 0.2) is 0 Å². The van der Waals surface area contributed by atoms with E-state index in [9.17, 15) is 0 Å². The monoisotopic (exact) mass is 330 g/mol. The number of benzene rings is 1. The van der Waals surface area contributed by atoms with E-state index in [1.807, 2.05) is 47.6 Å². The van der Waals surface area contributed by atoms with Crippen molar-refractivity contribution in [2.45, 2.75) is 43.8 Å². The highest BCUT2D eigenvalue weighted by molar-refractivity contribution is 8.77. The molecule has 1 fully saturated rings. The Morgan fingerprint density at radius 1 is 1.05 bits per heavy atom. The molecular weight excluding hydrogens is 304 g/mol. The lowest BCUT2D eigenvalue weighted by atomic mass is 9.96. The van der Waals surface area contributed by atoms with Gasteiger partial charge in [0.1, 0.15) is 11.5 Å². The first kappa shape index (κ1) is 18.5. The van der Waals surface area contributed by atoms with Gasteiger partial charge in [0.25, 0.3) is 0 Å². The van der Waals surface area contributed by atoms with Gasteiger partial charge in [0.2, 0.25) is 0 Å². The lowest BCUT2D eigenvalue weighted by molar-refractivity contribution is 0.0786. The van der Waals surface area contributed by atoms with Crippen LogP contribution in [0, 0.1) is 0 Å². The molecule has 1 heterocycles. The van der Waals surface area contributed by atoms with Crippen molar-refractivity contribution >= 4 is 21.6 Å². The molecule has 0 aromatic heterocycles. The van der Waals surface area contributed by atoms with Gasteiger partial charge in [-0.1, -0.05) is 41.5 Å². The average Bonchev–Trinajstić information content (AvgIpc) is 2.82. The Bertz CT molecular complexity index is 449. The molecule has 0 spiro atoms. The molecule has 0 N–H and O–H groups in total. The highest BCUT2D eigenvalue weighted by Gasteiger charge is 2.45. The van der Waals surface area contributed by atoms with Crippen molar-refractivity contribution in [1.82, 2.24) is 0 Å². The molecule has 0 aliphatic carbocycles. The Labute approximate surface area is 136 Å². The predicted octanol–water partition coefficient (Wildman–Crippen LogP) is 4.96. The summed E-state index contributed by atoms with van der Waals surface area (Å²) < 4.78 is 16.6. The SMILES string of the molecule is CC.COc1ccc(C2SSC(C)(C)C2OC)c(OC)c1. The van der Waals surface area contributed by atoms with E-state index in [1.54, 1.807) is 21.3 Å². The van der Waals surface area contributed by atoms with Gasteiger partial charge in [-0.3, -0.25) is 0 Å². The Morgan fingerprint density at radius 3 is 2.24 bits per heavy atom. The van der Waals surface area contributed by atoms with Crippen LogP contribution in [0.3, 0.4) is 0 Å². The zero-order valence-corrected chi connectivity index (χ0v) is 15.6. The van der Waals surface area contributed by atoms with Gasteiger partial charge in [-0.2, -0.15) is 0 Å². The molecule has 1 aromatic rings. The van der Waals surface area contributed by atoms with Crippen LogP contribution < -0.4 is 9.47 Å². The summed E-state index contributed by atoms with van der Waals surface area (Å²) in [6.45, 7) is 8.43. The Morgan fingerprint density at radius 2 is 1.71 bits per heavy atom. The van der Waals surface area contributed by atoms with Crippen LogP contribution in [0.25, 0.3) is 0 Å². The van der Waals surface area contributed by atoms with E-state index in [1.165, 1.54) is 5.56 Å². The number of ether oxygens (including phenoxy) is 3. The fourth-order valence-corrected chi connectivity index (χ4v) is 5.88. The quantitative estimate of drug-likeness (QED) is 0.727. The van der Waals surface area contributed by atoms with E-state index < -0.39 is 0 Å². The maximum atomic E-state index is 5.72. The van der Waals surface area contributed by atoms with Gasteiger partial charge in [-0.05, 0) is 19.9 Å². The van der Waals surface area contributed by atoms with E-state index in [-0.39, 0.29) is 16.1 Å². The van der Waals surface area contributed by atoms with E-state index in [2.05, 4.69) is 19.9 Å². The normalized spacial score (nSPS) is 23.2. The molecule has 21 heavy (non-hydrogen) atoms. The van der Waals surface area contributed by atoms with Crippen LogP contribution in [0.5, 0.6) is 11.5 Å². The van der Waals surface area contributed by atoms with Crippen molar-refractivity contribution in [3.8, 4) is 11.5 Å². The standard InChI is InChI=1S/C14H20O3S2.C2H6/c1-14(2)13(17-5)12(18-19-14)10-7-6-9(15-3)8-11(10)16-4;1-2/h6-8,12-13H,1-5H3;1-2H3. The molecule has 2 unspecified atom stereocenters. The zero-order valence-electron chi connectivity index (χ0n) is 13.9. The topological polar surface area (TPSA) is 27.7 Å². The number of hydrogen-bond acceptors (Lipinski definition) is 5. The molecule has 0 bridgehead atoms. The summed E-state index contributed by atoms with van der Waals surface area (Å²) in [6.07, 6.45) is 0.157. The molecule has 1 aliphatic rings. The number of rotatable bonds is 4. The van der Waals surface area contributed by atoms with Crippen molar-refractivity contribution in [2.75, 3.05) is 21.3 Å². The van der Waals surface area contributed by atoms with Gasteiger partial charge in [0.05, 0.1) is 25.6 Å². The van der Waals surface area contributed by atoms with Crippen molar-refractivity contribution in [3.63, 3.8) is 0 Å². The fourth-order valence-electron chi connectivity index (χ4n) is 2.31. The van der Waals surface area contributed by atoms with E-state index in [0.29, 0.717) is 0 Å². The van der Waals surface area contributed by atoms with Crippen molar-refractivity contribution in [2.24, 2.45) is 0 Å². The molecule has 120 valence electrons. The minimum absolute atomic E-state index is 0.0923. The summed E-state index contributed by atoms with van der Waals surface area (Å²) in [7, 11) is 8.85. The molecule has 3 nitrogen and oxygen atoms in total. The zero-order chi connectivity index (χ0) is 16.0. The van der Waals surface area contributed by atoms with Crippen LogP contribution in [0.15, 0.2) is 18.2 Å². The van der Waals surface area contributed by atoms with Crippen LogP contribution >= 0.6 is 21.6 Å². The fraction of sp³-hybridized carbons (Fsp3) is 0.625. The molecule has 0 saturated carbocycles. The van der Waals surface area contributed by atoms with Crippen LogP contribution in [0.1, 0.15) is 38.5 Å². The molecular formula is C16H26O3S2. The molecule has 1 aromatic carbocycles. The van der Waals surface area contributed by atoms with Crippen LogP contribution in [0.4, 0.5) is 0 Å². The largest absolute Gasteiger partial charge is 0.497 e. The molecule has 1 saturated heterocycles. The molecule has 2 atom stereocenters. The third kappa shape index (κ3) is 4.02. The van der Waals surface area contributed by atoms with Crippen LogP contribution in [0.2, 0.25) is 0 Å². The first-order valence-electron chi connectivity index (χ1n) is 7.12. The van der Waals surface area contributed by atoms with Gasteiger partial charge in [0, 0.05) is 23.5 Å². The highest BCUT2D eigenvalue weighted by atomic mass is 33.1. The van der Waals surface area contributed by atoms with E-state index in [0.717, 1.165) is 11.5 Å². The first-order chi connectivity index (χ1) is 10.0. The third-order valence-electron chi connectivity index (χ3n) is 3.33. The van der Waals surface area contributed by atoms with Crippen molar-refractivity contribution in [3.05, 3.63) is 23.8 Å². The lowest BCUT2D eigenvalue weighted by Crippen LogP contribution is -2.33. The van der Waals surface area contributed by atoms with Crippen molar-refractivity contribution in [1.29, 1.82) is 0 Å². The Balaban J connectivity index is 0.00000106. The van der Waals surface area contributed by atoms with Crippen molar-refractivity contribution < 1.29 is 14.2 Å². The van der Waals surface area contributed by atoms with Gasteiger partial charge < -0.3 is 14.2 Å². The van der Waals surface area contributed by atoms with E-state index in [4.69, 9.17) is 14.2 Å². The molecule has 5 heteroatoms. The second-order valence-corrected chi connectivity index (χ2v) is 7.96. The lowest BCUT2D eigenvalue weighted by Gasteiger charge is -2.27. The summed E-state index contributed by atoms with van der Waals surface area (Å²) in [5.74, 6) is 1.67. The second kappa shape index (κ2) is 8.20. The molecule has 0 amide bonds.